The Kier molecular flexibility index (Phi) is 7.63. The zero-order valence-corrected chi connectivity index (χ0v) is 18.8. The summed E-state index contributed by atoms with van der Waals surface area (Å²) in [7, 11) is 5.72. The molecule has 6 nitrogen and oxygen atoms in total. The van der Waals surface area contributed by atoms with Gasteiger partial charge in [-0.05, 0) is 46.5 Å². The van der Waals surface area contributed by atoms with Crippen molar-refractivity contribution in [3.05, 3.63) is 89.5 Å². The summed E-state index contributed by atoms with van der Waals surface area (Å²) < 4.78 is 0. The summed E-state index contributed by atoms with van der Waals surface area (Å²) in [4.78, 5) is 28.0. The van der Waals surface area contributed by atoms with E-state index in [0.29, 0.717) is 18.7 Å². The number of para-hydroxylation sites is 1. The Hall–Kier alpha value is -3.64. The number of nitrogens with zero attached hydrogens (tertiary/aromatic N) is 2. The maximum absolute atomic E-state index is 12.6. The van der Waals surface area contributed by atoms with Gasteiger partial charge in [-0.2, -0.15) is 0 Å². The Morgan fingerprint density at radius 2 is 1.59 bits per heavy atom. The number of anilines is 1. The molecule has 0 saturated carbocycles. The van der Waals surface area contributed by atoms with Crippen LogP contribution in [0.25, 0.3) is 11.1 Å². The van der Waals surface area contributed by atoms with Gasteiger partial charge in [-0.25, -0.2) is 0 Å². The summed E-state index contributed by atoms with van der Waals surface area (Å²) in [5, 5.41) is 3.00. The number of likely N-dealkylation sites (N-methyl/N-ethyl adjacent to an activating group) is 1. The topological polar surface area (TPSA) is 78.7 Å². The maximum Gasteiger partial charge on any atom is 0.251 e. The zero-order chi connectivity index (χ0) is 23.1. The molecule has 3 rings (SSSR count). The molecule has 2 amide bonds. The van der Waals surface area contributed by atoms with E-state index >= 15 is 0 Å². The van der Waals surface area contributed by atoms with Gasteiger partial charge >= 0.3 is 0 Å². The van der Waals surface area contributed by atoms with Crippen LogP contribution in [0.15, 0.2) is 72.8 Å². The number of carbonyl (C=O) groups excluding carboxylic acids is 2. The van der Waals surface area contributed by atoms with Crippen LogP contribution in [0.5, 0.6) is 0 Å². The summed E-state index contributed by atoms with van der Waals surface area (Å²) in [6, 6.07) is 23.6. The van der Waals surface area contributed by atoms with Gasteiger partial charge in [-0.15, -0.1) is 0 Å². The fraction of sp³-hybridized carbons (Fsp3) is 0.231. The van der Waals surface area contributed by atoms with Crippen LogP contribution in [0.1, 0.15) is 21.5 Å². The fourth-order valence-electron chi connectivity index (χ4n) is 3.56. The van der Waals surface area contributed by atoms with Gasteiger partial charge in [-0.3, -0.25) is 9.59 Å². The Labute approximate surface area is 189 Å². The van der Waals surface area contributed by atoms with Gasteiger partial charge in [0.25, 0.3) is 5.91 Å². The van der Waals surface area contributed by atoms with Crippen LogP contribution in [0.2, 0.25) is 0 Å². The standard InChI is InChI=1S/C26H30N4O2/c1-29(2)24-10-5-4-8-23(24)17-28-26(32)21-13-11-20(12-14-21)22-9-6-7-19(15-22)18-30(3)25(31)16-27/h4-15H,16-18,27H2,1-3H3,(H,28,32). The first-order chi connectivity index (χ1) is 15.4. The number of carbonyl (C=O) groups is 2. The first-order valence-electron chi connectivity index (χ1n) is 10.6. The summed E-state index contributed by atoms with van der Waals surface area (Å²) in [5.74, 6) is -0.209. The number of amides is 2. The molecule has 0 spiro atoms. The third-order valence-electron chi connectivity index (χ3n) is 5.34. The number of benzene rings is 3. The second-order valence-corrected chi connectivity index (χ2v) is 7.94. The van der Waals surface area contributed by atoms with Crippen molar-refractivity contribution >= 4 is 17.5 Å². The van der Waals surface area contributed by atoms with Crippen LogP contribution in [-0.4, -0.2) is 44.4 Å². The van der Waals surface area contributed by atoms with Gasteiger partial charge < -0.3 is 20.9 Å². The quantitative estimate of drug-likeness (QED) is 0.575. The molecule has 0 aromatic heterocycles. The van der Waals surface area contributed by atoms with E-state index in [1.54, 1.807) is 11.9 Å². The largest absolute Gasteiger partial charge is 0.377 e. The molecule has 0 atom stereocenters. The zero-order valence-electron chi connectivity index (χ0n) is 18.8. The number of nitrogens with one attached hydrogen (secondary N) is 1. The van der Waals surface area contributed by atoms with Crippen molar-refractivity contribution in [3.8, 4) is 11.1 Å². The van der Waals surface area contributed by atoms with Gasteiger partial charge in [0.05, 0.1) is 6.54 Å². The lowest BCUT2D eigenvalue weighted by Gasteiger charge is -2.17. The second kappa shape index (κ2) is 10.6. The molecule has 0 unspecified atom stereocenters. The van der Waals surface area contributed by atoms with Crippen LogP contribution in [0.3, 0.4) is 0 Å². The van der Waals surface area contributed by atoms with E-state index in [2.05, 4.69) is 5.32 Å². The van der Waals surface area contributed by atoms with Crippen LogP contribution in [-0.2, 0) is 17.9 Å². The minimum absolute atomic E-state index is 0.000443. The first-order valence-corrected chi connectivity index (χ1v) is 10.6. The summed E-state index contributed by atoms with van der Waals surface area (Å²) in [5.41, 5.74) is 11.3. The summed E-state index contributed by atoms with van der Waals surface area (Å²) in [6.07, 6.45) is 0. The monoisotopic (exact) mass is 430 g/mol. The van der Waals surface area contributed by atoms with E-state index in [1.807, 2.05) is 91.8 Å². The predicted molar refractivity (Wildman–Crippen MR) is 129 cm³/mol. The second-order valence-electron chi connectivity index (χ2n) is 7.94. The molecule has 32 heavy (non-hydrogen) atoms. The van der Waals surface area contributed by atoms with Crippen LogP contribution < -0.4 is 16.0 Å². The van der Waals surface area contributed by atoms with Crippen molar-refractivity contribution < 1.29 is 9.59 Å². The Balaban J connectivity index is 1.67. The molecular formula is C26H30N4O2. The lowest BCUT2D eigenvalue weighted by atomic mass is 10.0. The fourth-order valence-corrected chi connectivity index (χ4v) is 3.56. The highest BCUT2D eigenvalue weighted by Gasteiger charge is 2.10. The summed E-state index contributed by atoms with van der Waals surface area (Å²) >= 11 is 0. The molecule has 0 aliphatic heterocycles. The normalized spacial score (nSPS) is 10.5. The SMILES string of the molecule is CN(Cc1cccc(-c2ccc(C(=O)NCc3ccccc3N(C)C)cc2)c1)C(=O)CN. The van der Waals surface area contributed by atoms with Gasteiger partial charge in [0.15, 0.2) is 0 Å². The van der Waals surface area contributed by atoms with E-state index in [0.717, 1.165) is 27.9 Å². The van der Waals surface area contributed by atoms with E-state index in [1.165, 1.54) is 0 Å². The van der Waals surface area contributed by atoms with Crippen molar-refractivity contribution in [2.75, 3.05) is 32.6 Å². The molecule has 6 heteroatoms. The highest BCUT2D eigenvalue weighted by molar-refractivity contribution is 5.94. The number of hydrogen-bond donors (Lipinski definition) is 2. The Morgan fingerprint density at radius 1 is 0.875 bits per heavy atom. The molecule has 3 aromatic carbocycles. The van der Waals surface area contributed by atoms with Crippen molar-refractivity contribution in [3.63, 3.8) is 0 Å². The predicted octanol–water partition coefficient (Wildman–Crippen LogP) is 3.27. The van der Waals surface area contributed by atoms with E-state index in [9.17, 15) is 9.59 Å². The van der Waals surface area contributed by atoms with Gasteiger partial charge in [0, 0.05) is 45.5 Å². The van der Waals surface area contributed by atoms with Crippen LogP contribution in [0, 0.1) is 0 Å². The first kappa shape index (κ1) is 23.0. The average Bonchev–Trinajstić information content (AvgIpc) is 2.82. The Bertz CT molecular complexity index is 1080. The van der Waals surface area contributed by atoms with Crippen molar-refractivity contribution in [1.29, 1.82) is 0 Å². The van der Waals surface area contributed by atoms with Crippen LogP contribution >= 0.6 is 0 Å². The molecule has 166 valence electrons. The average molecular weight is 431 g/mol. The molecule has 3 aromatic rings. The van der Waals surface area contributed by atoms with Gasteiger partial charge in [-0.1, -0.05) is 48.5 Å². The lowest BCUT2D eigenvalue weighted by Crippen LogP contribution is -2.32. The molecule has 0 radical (unpaired) electrons. The van der Waals surface area contributed by atoms with Crippen molar-refractivity contribution in [2.45, 2.75) is 13.1 Å². The minimum atomic E-state index is -0.110. The van der Waals surface area contributed by atoms with E-state index in [-0.39, 0.29) is 18.4 Å². The minimum Gasteiger partial charge on any atom is -0.377 e. The lowest BCUT2D eigenvalue weighted by molar-refractivity contribution is -0.128. The molecular weight excluding hydrogens is 400 g/mol. The third kappa shape index (κ3) is 5.74. The molecule has 0 fully saturated rings. The molecule has 0 bridgehead atoms. The summed E-state index contributed by atoms with van der Waals surface area (Å²) in [6.45, 7) is 0.964. The molecule has 0 heterocycles. The van der Waals surface area contributed by atoms with E-state index in [4.69, 9.17) is 5.73 Å². The van der Waals surface area contributed by atoms with E-state index < -0.39 is 0 Å². The smallest absolute Gasteiger partial charge is 0.251 e. The Morgan fingerprint density at radius 3 is 2.28 bits per heavy atom. The molecule has 3 N–H and O–H groups in total. The van der Waals surface area contributed by atoms with Crippen LogP contribution in [0.4, 0.5) is 5.69 Å². The highest BCUT2D eigenvalue weighted by atomic mass is 16.2. The maximum atomic E-state index is 12.6. The number of rotatable bonds is 8. The van der Waals surface area contributed by atoms with Gasteiger partial charge in [0.2, 0.25) is 5.91 Å². The number of hydrogen-bond acceptors (Lipinski definition) is 4. The highest BCUT2D eigenvalue weighted by Crippen LogP contribution is 2.22. The molecule has 0 aliphatic rings. The number of nitrogens with two attached hydrogens (primary N) is 1. The molecule has 0 saturated heterocycles. The third-order valence-corrected chi connectivity index (χ3v) is 5.34. The molecule has 0 aliphatic carbocycles. The van der Waals surface area contributed by atoms with Crippen molar-refractivity contribution in [1.82, 2.24) is 10.2 Å². The van der Waals surface area contributed by atoms with Gasteiger partial charge in [0.1, 0.15) is 0 Å². The van der Waals surface area contributed by atoms with Crippen molar-refractivity contribution in [2.24, 2.45) is 5.73 Å².